The number of amides is 2. The molecule has 154 valence electrons. The summed E-state index contributed by atoms with van der Waals surface area (Å²) in [6.07, 6.45) is 3.41. The van der Waals surface area contributed by atoms with E-state index in [0.717, 1.165) is 0 Å². The fraction of sp³-hybridized carbons (Fsp3) is 0.250. The number of ether oxygens (including phenoxy) is 1. The molecule has 1 aromatic carbocycles. The number of rotatable bonds is 5. The van der Waals surface area contributed by atoms with Crippen LogP contribution in [0.3, 0.4) is 0 Å². The van der Waals surface area contributed by atoms with Crippen molar-refractivity contribution in [2.24, 2.45) is 0 Å². The molecular weight excluding hydrogens is 404 g/mol. The first-order valence-electron chi connectivity index (χ1n) is 9.36. The number of carbonyl (C=O) groups excluding carboxylic acids is 2. The van der Waals surface area contributed by atoms with Crippen LogP contribution >= 0.6 is 11.3 Å². The fourth-order valence-electron chi connectivity index (χ4n) is 3.07. The predicted molar refractivity (Wildman–Crippen MR) is 113 cm³/mol. The Hall–Kier alpha value is -3.53. The van der Waals surface area contributed by atoms with E-state index in [2.05, 4.69) is 20.3 Å². The molecule has 2 amide bonds. The molecule has 9 nitrogen and oxygen atoms in total. The normalized spacial score (nSPS) is 13.8. The highest BCUT2D eigenvalue weighted by Crippen LogP contribution is 2.20. The largest absolute Gasteiger partial charge is 0.497 e. The van der Waals surface area contributed by atoms with Gasteiger partial charge in [0.2, 0.25) is 5.95 Å². The molecule has 1 fully saturated rings. The van der Waals surface area contributed by atoms with Crippen molar-refractivity contribution in [1.82, 2.24) is 19.9 Å². The van der Waals surface area contributed by atoms with Crippen molar-refractivity contribution < 1.29 is 14.3 Å². The number of nitrogens with one attached hydrogen (secondary N) is 1. The van der Waals surface area contributed by atoms with Gasteiger partial charge >= 0.3 is 0 Å². The van der Waals surface area contributed by atoms with Crippen LogP contribution in [0.1, 0.15) is 20.8 Å². The van der Waals surface area contributed by atoms with E-state index in [1.807, 2.05) is 4.90 Å². The molecule has 3 aromatic rings. The third-order valence-electron chi connectivity index (χ3n) is 4.70. The lowest BCUT2D eigenvalue weighted by Crippen LogP contribution is -2.49. The van der Waals surface area contributed by atoms with Crippen LogP contribution in [0.4, 0.5) is 11.1 Å². The Morgan fingerprint density at radius 1 is 1.07 bits per heavy atom. The third kappa shape index (κ3) is 4.38. The highest BCUT2D eigenvalue weighted by atomic mass is 32.1. The number of carbonyl (C=O) groups is 2. The van der Waals surface area contributed by atoms with E-state index in [9.17, 15) is 9.59 Å². The summed E-state index contributed by atoms with van der Waals surface area (Å²) in [6, 6.07) is 8.54. The van der Waals surface area contributed by atoms with Crippen LogP contribution in [0.25, 0.3) is 0 Å². The summed E-state index contributed by atoms with van der Waals surface area (Å²) in [4.78, 5) is 41.7. The number of methoxy groups -OCH3 is 1. The number of anilines is 2. The minimum atomic E-state index is -0.289. The zero-order valence-electron chi connectivity index (χ0n) is 16.3. The van der Waals surface area contributed by atoms with Crippen molar-refractivity contribution in [3.63, 3.8) is 0 Å². The predicted octanol–water partition coefficient (Wildman–Crippen LogP) is 2.16. The van der Waals surface area contributed by atoms with Gasteiger partial charge in [0.05, 0.1) is 7.11 Å². The molecule has 0 atom stereocenters. The second-order valence-corrected chi connectivity index (χ2v) is 7.41. The molecule has 3 heterocycles. The van der Waals surface area contributed by atoms with E-state index < -0.39 is 0 Å². The Balaban J connectivity index is 1.34. The molecule has 0 radical (unpaired) electrons. The van der Waals surface area contributed by atoms with Crippen molar-refractivity contribution in [1.29, 1.82) is 0 Å². The molecule has 30 heavy (non-hydrogen) atoms. The zero-order valence-corrected chi connectivity index (χ0v) is 17.1. The Morgan fingerprint density at radius 2 is 1.77 bits per heavy atom. The monoisotopic (exact) mass is 424 g/mol. The lowest BCUT2D eigenvalue weighted by Gasteiger charge is -2.34. The van der Waals surface area contributed by atoms with Gasteiger partial charge in [-0.05, 0) is 30.3 Å². The Bertz CT molecular complexity index is 1020. The third-order valence-corrected chi connectivity index (χ3v) is 5.46. The summed E-state index contributed by atoms with van der Waals surface area (Å²) in [6.45, 7) is 2.42. The smallest absolute Gasteiger partial charge is 0.273 e. The molecule has 2 aromatic heterocycles. The first-order chi connectivity index (χ1) is 14.6. The number of thiazole rings is 1. The molecular formula is C20H20N6O3S. The number of piperazine rings is 1. The van der Waals surface area contributed by atoms with Crippen molar-refractivity contribution in [2.75, 3.05) is 43.5 Å². The van der Waals surface area contributed by atoms with Crippen LogP contribution in [0.2, 0.25) is 0 Å². The van der Waals surface area contributed by atoms with Gasteiger partial charge in [-0.1, -0.05) is 0 Å². The maximum Gasteiger partial charge on any atom is 0.273 e. The molecule has 1 aliphatic heterocycles. The maximum atomic E-state index is 12.8. The van der Waals surface area contributed by atoms with Gasteiger partial charge in [-0.3, -0.25) is 14.9 Å². The van der Waals surface area contributed by atoms with E-state index in [4.69, 9.17) is 4.74 Å². The fourth-order valence-corrected chi connectivity index (χ4v) is 3.75. The molecule has 10 heteroatoms. The highest BCUT2D eigenvalue weighted by molar-refractivity contribution is 7.14. The lowest BCUT2D eigenvalue weighted by molar-refractivity contribution is 0.0741. The average molecular weight is 424 g/mol. The molecule has 1 saturated heterocycles. The van der Waals surface area contributed by atoms with Gasteiger partial charge in [0.15, 0.2) is 5.13 Å². The quantitative estimate of drug-likeness (QED) is 0.670. The second-order valence-electron chi connectivity index (χ2n) is 6.55. The minimum Gasteiger partial charge on any atom is -0.497 e. The van der Waals surface area contributed by atoms with Gasteiger partial charge in [-0.15, -0.1) is 11.3 Å². The topological polar surface area (TPSA) is 101 Å². The van der Waals surface area contributed by atoms with Gasteiger partial charge < -0.3 is 14.5 Å². The van der Waals surface area contributed by atoms with Crippen LogP contribution in [0.5, 0.6) is 5.75 Å². The second kappa shape index (κ2) is 8.87. The molecule has 0 saturated carbocycles. The molecule has 4 rings (SSSR count). The van der Waals surface area contributed by atoms with Crippen LogP contribution in [-0.2, 0) is 0 Å². The highest BCUT2D eigenvalue weighted by Gasteiger charge is 2.25. The average Bonchev–Trinajstić information content (AvgIpc) is 3.27. The summed E-state index contributed by atoms with van der Waals surface area (Å²) < 4.78 is 5.09. The van der Waals surface area contributed by atoms with Gasteiger partial charge in [0.1, 0.15) is 11.4 Å². The van der Waals surface area contributed by atoms with Gasteiger partial charge in [-0.2, -0.15) is 0 Å². The van der Waals surface area contributed by atoms with E-state index in [0.29, 0.717) is 54.3 Å². The van der Waals surface area contributed by atoms with Crippen LogP contribution in [-0.4, -0.2) is 65.0 Å². The number of nitrogens with zero attached hydrogens (tertiary/aromatic N) is 5. The molecule has 0 spiro atoms. The molecule has 1 aliphatic rings. The van der Waals surface area contributed by atoms with Gasteiger partial charge in [-0.25, -0.2) is 15.0 Å². The summed E-state index contributed by atoms with van der Waals surface area (Å²) >= 11 is 1.22. The minimum absolute atomic E-state index is 0.148. The van der Waals surface area contributed by atoms with E-state index in [1.54, 1.807) is 60.1 Å². The summed E-state index contributed by atoms with van der Waals surface area (Å²) in [5, 5.41) is 4.78. The Labute approximate surface area is 177 Å². The van der Waals surface area contributed by atoms with Gasteiger partial charge in [0, 0.05) is 49.5 Å². The van der Waals surface area contributed by atoms with Crippen molar-refractivity contribution in [3.05, 3.63) is 59.4 Å². The van der Waals surface area contributed by atoms with E-state index >= 15 is 0 Å². The maximum absolute atomic E-state index is 12.8. The van der Waals surface area contributed by atoms with Gasteiger partial charge in [0.25, 0.3) is 11.8 Å². The number of hydrogen-bond acceptors (Lipinski definition) is 8. The number of hydrogen-bond donors (Lipinski definition) is 1. The van der Waals surface area contributed by atoms with E-state index in [-0.39, 0.29) is 11.8 Å². The number of benzene rings is 1. The summed E-state index contributed by atoms with van der Waals surface area (Å²) in [7, 11) is 1.57. The van der Waals surface area contributed by atoms with Crippen molar-refractivity contribution in [2.45, 2.75) is 0 Å². The molecule has 0 aliphatic carbocycles. The zero-order chi connectivity index (χ0) is 20.9. The van der Waals surface area contributed by atoms with Crippen molar-refractivity contribution in [3.8, 4) is 5.75 Å². The SMILES string of the molecule is COc1ccc(C(=O)Nc2nc(C(=O)N3CCN(c4ncccn4)CC3)cs2)cc1. The Kier molecular flexibility index (Phi) is 5.84. The van der Waals surface area contributed by atoms with Crippen LogP contribution < -0.4 is 15.0 Å². The standard InChI is InChI=1S/C20H20N6O3S/c1-29-15-5-3-14(4-6-15)17(27)24-20-23-16(13-30-20)18(28)25-9-11-26(12-10-25)19-21-7-2-8-22-19/h2-8,13H,9-12H2,1H3,(H,23,24,27). The lowest BCUT2D eigenvalue weighted by atomic mass is 10.2. The van der Waals surface area contributed by atoms with E-state index in [1.165, 1.54) is 11.3 Å². The number of aromatic nitrogens is 3. The van der Waals surface area contributed by atoms with Crippen LogP contribution in [0, 0.1) is 0 Å². The Morgan fingerprint density at radius 3 is 2.43 bits per heavy atom. The molecule has 1 N–H and O–H groups in total. The first-order valence-corrected chi connectivity index (χ1v) is 10.2. The first kappa shape index (κ1) is 19.8. The molecule has 0 unspecified atom stereocenters. The summed E-state index contributed by atoms with van der Waals surface area (Å²) in [5.74, 6) is 0.904. The summed E-state index contributed by atoms with van der Waals surface area (Å²) in [5.41, 5.74) is 0.813. The van der Waals surface area contributed by atoms with Crippen LogP contribution in [0.15, 0.2) is 48.1 Å². The molecule has 0 bridgehead atoms. The van der Waals surface area contributed by atoms with Crippen molar-refractivity contribution >= 4 is 34.2 Å².